The van der Waals surface area contributed by atoms with Crippen LogP contribution in [0.4, 0.5) is 20.6 Å². The average Bonchev–Trinajstić information content (AvgIpc) is 3.18. The maximum absolute atomic E-state index is 14.3. The van der Waals surface area contributed by atoms with Gasteiger partial charge < -0.3 is 10.1 Å². The molecule has 1 aliphatic heterocycles. The minimum Gasteiger partial charge on any atom is -0.442 e. The summed E-state index contributed by atoms with van der Waals surface area (Å²) in [7, 11) is -0.338. The Labute approximate surface area is 147 Å². The van der Waals surface area contributed by atoms with Crippen LogP contribution >= 0.6 is 0 Å². The number of hydrogen-bond acceptors (Lipinski definition) is 5. The lowest BCUT2D eigenvalue weighted by Gasteiger charge is -2.14. The average molecular weight is 362 g/mol. The third-order valence-corrected chi connectivity index (χ3v) is 5.19. The fourth-order valence-electron chi connectivity index (χ4n) is 2.63. The molecule has 7 nitrogen and oxygen atoms in total. The second-order valence-electron chi connectivity index (χ2n) is 6.29. The summed E-state index contributed by atoms with van der Waals surface area (Å²) in [6.07, 6.45) is 2.45. The Kier molecular flexibility index (Phi) is 5.32. The monoisotopic (exact) mass is 362 g/mol. The third kappa shape index (κ3) is 4.35. The molecule has 1 fully saturated rings. The predicted molar refractivity (Wildman–Crippen MR) is 94.8 cm³/mol. The first-order chi connectivity index (χ1) is 12.0. The number of nitrogens with zero attached hydrogens (tertiary/aromatic N) is 4. The molecule has 0 saturated carbocycles. The Balaban J connectivity index is 1.63. The lowest BCUT2D eigenvalue weighted by molar-refractivity contribution is 0.129. The maximum Gasteiger partial charge on any atom is 0.414 e. The Bertz CT molecular complexity index is 725. The number of amides is 1. The van der Waals surface area contributed by atoms with Crippen LogP contribution in [-0.4, -0.2) is 49.1 Å². The number of carbonyl (C=O) groups excluding carboxylic acids is 1. The number of anilines is 2. The Morgan fingerprint density at radius 3 is 2.96 bits per heavy atom. The first-order valence-corrected chi connectivity index (χ1v) is 10.9. The van der Waals surface area contributed by atoms with Crippen molar-refractivity contribution in [3.63, 3.8) is 0 Å². The summed E-state index contributed by atoms with van der Waals surface area (Å²) < 4.78 is 21.2. The topological polar surface area (TPSA) is 72.3 Å². The molecule has 1 atom stereocenters. The number of aromatic nitrogens is 3. The Morgan fingerprint density at radius 1 is 1.44 bits per heavy atom. The minimum atomic E-state index is -0.477. The van der Waals surface area contributed by atoms with Gasteiger partial charge in [-0.15, -0.1) is 5.10 Å². The van der Waals surface area contributed by atoms with E-state index in [2.05, 4.69) is 28.7 Å². The van der Waals surface area contributed by atoms with Crippen molar-refractivity contribution in [3.8, 4) is 0 Å². The smallest absolute Gasteiger partial charge is 0.414 e. The molecule has 0 bridgehead atoms. The molecule has 0 spiro atoms. The van der Waals surface area contributed by atoms with Crippen molar-refractivity contribution < 1.29 is 13.9 Å². The van der Waals surface area contributed by atoms with Gasteiger partial charge in [0.05, 0.1) is 49.8 Å². The summed E-state index contributed by atoms with van der Waals surface area (Å²) in [5, 5.41) is 10.7. The molecule has 25 heavy (non-hydrogen) atoms. The van der Waals surface area contributed by atoms with Gasteiger partial charge in [-0.2, -0.15) is 0 Å². The van der Waals surface area contributed by atoms with E-state index in [1.165, 1.54) is 11.0 Å². The van der Waals surface area contributed by atoms with E-state index < -0.39 is 6.09 Å². The first kappa shape index (κ1) is 17.4. The van der Waals surface area contributed by atoms with Gasteiger partial charge in [0.15, 0.2) is 0 Å². The summed E-state index contributed by atoms with van der Waals surface area (Å²) in [6, 6.07) is 5.83. The fraction of sp³-hybridized carbons (Fsp3) is 0.438. The molecule has 0 radical (unpaired) electrons. The van der Waals surface area contributed by atoms with Crippen molar-refractivity contribution in [2.75, 3.05) is 23.3 Å². The maximum atomic E-state index is 14.3. The lowest BCUT2D eigenvalue weighted by Crippen LogP contribution is -2.26. The first-order valence-electron chi connectivity index (χ1n) is 8.17. The van der Waals surface area contributed by atoms with Crippen molar-refractivity contribution in [2.24, 2.45) is 0 Å². The van der Waals surface area contributed by atoms with Gasteiger partial charge in [-0.25, -0.2) is 13.9 Å². The second-order valence-corrected chi connectivity index (χ2v) is 9.20. The summed E-state index contributed by atoms with van der Waals surface area (Å²) in [5.41, 5.74) is 0.948. The molecule has 9 heteroatoms. The highest BCUT2D eigenvalue weighted by atomic mass is 28.3. The van der Waals surface area contributed by atoms with Crippen molar-refractivity contribution in [3.05, 3.63) is 36.4 Å². The quantitative estimate of drug-likeness (QED) is 0.767. The van der Waals surface area contributed by atoms with E-state index in [9.17, 15) is 9.18 Å². The predicted octanol–water partition coefficient (Wildman–Crippen LogP) is 2.61. The number of carbonyl (C=O) groups is 1. The van der Waals surface area contributed by atoms with E-state index >= 15 is 0 Å². The fourth-order valence-corrected chi connectivity index (χ4v) is 3.25. The number of cyclic esters (lactones) is 1. The van der Waals surface area contributed by atoms with Crippen LogP contribution in [0.3, 0.4) is 0 Å². The van der Waals surface area contributed by atoms with E-state index in [-0.39, 0.29) is 20.7 Å². The largest absolute Gasteiger partial charge is 0.442 e. The third-order valence-electron chi connectivity index (χ3n) is 3.94. The molecule has 0 unspecified atom stereocenters. The summed E-state index contributed by atoms with van der Waals surface area (Å²) in [5.74, 6) is -0.369. The van der Waals surface area contributed by atoms with E-state index in [1.807, 2.05) is 0 Å². The Morgan fingerprint density at radius 2 is 2.28 bits per heavy atom. The molecular formula is C16H21FN5O2Si+. The number of hydrogen-bond donors (Lipinski definition) is 1. The van der Waals surface area contributed by atoms with Crippen LogP contribution in [0.5, 0.6) is 0 Å². The number of rotatable bonds is 7. The van der Waals surface area contributed by atoms with Gasteiger partial charge in [-0.1, -0.05) is 5.21 Å². The van der Waals surface area contributed by atoms with Gasteiger partial charge in [-0.05, 0) is 18.2 Å². The van der Waals surface area contributed by atoms with Crippen LogP contribution < -0.4 is 10.2 Å². The number of nitrogens with one attached hydrogen (secondary N) is 1. The van der Waals surface area contributed by atoms with Crippen molar-refractivity contribution in [1.29, 1.82) is 0 Å². The molecule has 2 aromatic rings. The summed E-state index contributed by atoms with van der Waals surface area (Å²) in [4.78, 5) is 13.5. The lowest BCUT2D eigenvalue weighted by atomic mass is 10.2. The van der Waals surface area contributed by atoms with Crippen LogP contribution in [-0.2, 0) is 11.3 Å². The molecule has 1 N–H and O–H groups in total. The van der Waals surface area contributed by atoms with Gasteiger partial charge in [0.25, 0.3) is 0 Å². The highest BCUT2D eigenvalue weighted by molar-refractivity contribution is 6.55. The molecule has 1 saturated heterocycles. The number of benzene rings is 1. The normalized spacial score (nSPS) is 16.8. The van der Waals surface area contributed by atoms with Crippen LogP contribution in [0.25, 0.3) is 0 Å². The summed E-state index contributed by atoms with van der Waals surface area (Å²) >= 11 is 0. The van der Waals surface area contributed by atoms with E-state index in [4.69, 9.17) is 4.74 Å². The molecule has 2 heterocycles. The molecule has 1 aromatic carbocycles. The SMILES string of the molecule is C[Si+](C)CCNc1ccc(N2C[C@H](Cn3ccnn3)OC2=O)cc1F. The van der Waals surface area contributed by atoms with Crippen LogP contribution in [0.15, 0.2) is 30.6 Å². The van der Waals surface area contributed by atoms with Crippen LogP contribution in [0.1, 0.15) is 0 Å². The molecule has 0 aliphatic carbocycles. The van der Waals surface area contributed by atoms with Crippen molar-refractivity contribution >= 4 is 26.3 Å². The van der Waals surface area contributed by atoms with Crippen molar-refractivity contribution in [2.45, 2.75) is 31.8 Å². The zero-order valence-corrected chi connectivity index (χ0v) is 15.3. The van der Waals surface area contributed by atoms with Gasteiger partial charge in [0, 0.05) is 12.7 Å². The van der Waals surface area contributed by atoms with Gasteiger partial charge >= 0.3 is 14.9 Å². The molecule has 132 valence electrons. The minimum absolute atomic E-state index is 0.338. The highest BCUT2D eigenvalue weighted by Crippen LogP contribution is 2.26. The molecule has 3 rings (SSSR count). The molecular weight excluding hydrogens is 341 g/mol. The molecule has 1 aromatic heterocycles. The van der Waals surface area contributed by atoms with Crippen LogP contribution in [0, 0.1) is 5.82 Å². The van der Waals surface area contributed by atoms with Crippen LogP contribution in [0.2, 0.25) is 19.1 Å². The van der Waals surface area contributed by atoms with E-state index in [1.54, 1.807) is 29.2 Å². The van der Waals surface area contributed by atoms with Crippen molar-refractivity contribution in [1.82, 2.24) is 15.0 Å². The number of ether oxygens (including phenoxy) is 1. The second kappa shape index (κ2) is 7.64. The Hall–Kier alpha value is -2.42. The molecule has 1 amide bonds. The van der Waals surface area contributed by atoms with E-state index in [0.29, 0.717) is 24.5 Å². The zero-order chi connectivity index (χ0) is 17.8. The summed E-state index contributed by atoms with van der Waals surface area (Å²) in [6.45, 7) is 5.97. The standard InChI is InChI=1S/C16H21FN5O2Si/c1-25(2)8-6-18-15-4-3-12(9-14(15)17)22-11-13(24-16(22)23)10-21-7-5-19-20-21/h3-5,7,9,13,18H,6,8,10-11H2,1-2H3/q+1/t13-/m0/s1. The van der Waals surface area contributed by atoms with E-state index in [0.717, 1.165) is 12.6 Å². The van der Waals surface area contributed by atoms with Gasteiger partial charge in [0.1, 0.15) is 11.9 Å². The van der Waals surface area contributed by atoms with Gasteiger partial charge in [-0.3, -0.25) is 4.90 Å². The number of halogens is 1. The van der Waals surface area contributed by atoms with Gasteiger partial charge in [0.2, 0.25) is 0 Å². The highest BCUT2D eigenvalue weighted by Gasteiger charge is 2.33. The zero-order valence-electron chi connectivity index (χ0n) is 14.3. The molecule has 1 aliphatic rings.